The number of nitrogen functional groups attached to an aromatic ring is 1. The van der Waals surface area contributed by atoms with Gasteiger partial charge in [0.25, 0.3) is 0 Å². The van der Waals surface area contributed by atoms with Gasteiger partial charge < -0.3 is 5.73 Å². The van der Waals surface area contributed by atoms with Gasteiger partial charge in [0.1, 0.15) is 0 Å². The molecule has 6 aromatic carbocycles. The van der Waals surface area contributed by atoms with Crippen LogP contribution in [0.15, 0.2) is 127 Å². The summed E-state index contributed by atoms with van der Waals surface area (Å²) in [7, 11) is 0. The molecule has 0 saturated heterocycles. The van der Waals surface area contributed by atoms with E-state index >= 15 is 0 Å². The number of hydrogen-bond donors (Lipinski definition) is 1. The van der Waals surface area contributed by atoms with Crippen LogP contribution in [0.2, 0.25) is 0 Å². The summed E-state index contributed by atoms with van der Waals surface area (Å²) in [5.74, 6) is 0. The molecule has 31 heavy (non-hydrogen) atoms. The highest BCUT2D eigenvalue weighted by Gasteiger charge is 2.02. The van der Waals surface area contributed by atoms with Gasteiger partial charge in [0.2, 0.25) is 0 Å². The van der Waals surface area contributed by atoms with E-state index < -0.39 is 0 Å². The van der Waals surface area contributed by atoms with Gasteiger partial charge in [-0.25, -0.2) is 0 Å². The molecule has 0 amide bonds. The zero-order chi connectivity index (χ0) is 21.0. The van der Waals surface area contributed by atoms with E-state index in [1.165, 1.54) is 38.1 Å². The highest BCUT2D eigenvalue weighted by atomic mass is 14.5. The molecular formula is C30H23N. The first-order chi connectivity index (χ1) is 15.3. The van der Waals surface area contributed by atoms with Crippen molar-refractivity contribution in [2.24, 2.45) is 0 Å². The maximum atomic E-state index is 6.06. The van der Waals surface area contributed by atoms with Gasteiger partial charge in [0, 0.05) is 11.1 Å². The molecule has 0 aliphatic heterocycles. The maximum absolute atomic E-state index is 6.06. The zero-order valence-electron chi connectivity index (χ0n) is 17.2. The SMILES string of the molecule is Nc1cccc2cc3cc4ccccc4cc3cc12.c1ccc(-c2ccccc2)cc1. The average Bonchev–Trinajstić information content (AvgIpc) is 2.83. The predicted octanol–water partition coefficient (Wildman–Crippen LogP) is 8.08. The number of benzene rings is 6. The monoisotopic (exact) mass is 397 g/mol. The standard InChI is InChI=1S/C18H13N.C12H10/c19-18-7-3-6-14-10-15-8-12-4-1-2-5-13(12)9-16(15)11-17(14)18;1-3-7-11(8-4-1)12-9-5-2-6-10-12/h1-11H,19H2;1-10H. The minimum Gasteiger partial charge on any atom is -0.398 e. The largest absolute Gasteiger partial charge is 0.398 e. The van der Waals surface area contributed by atoms with Gasteiger partial charge in [-0.2, -0.15) is 0 Å². The molecule has 0 atom stereocenters. The molecule has 0 aliphatic carbocycles. The molecule has 148 valence electrons. The van der Waals surface area contributed by atoms with E-state index in [9.17, 15) is 0 Å². The van der Waals surface area contributed by atoms with E-state index in [0.717, 1.165) is 11.1 Å². The minimum atomic E-state index is 0.840. The topological polar surface area (TPSA) is 26.0 Å². The van der Waals surface area contributed by atoms with Crippen LogP contribution < -0.4 is 5.73 Å². The van der Waals surface area contributed by atoms with Crippen molar-refractivity contribution in [3.05, 3.63) is 127 Å². The second kappa shape index (κ2) is 8.33. The lowest BCUT2D eigenvalue weighted by molar-refractivity contribution is 1.62. The molecule has 0 aromatic heterocycles. The fourth-order valence-electron chi connectivity index (χ4n) is 4.00. The van der Waals surface area contributed by atoms with Gasteiger partial charge in [0.15, 0.2) is 0 Å². The Bertz CT molecular complexity index is 1430. The number of rotatable bonds is 1. The molecule has 2 N–H and O–H groups in total. The molecule has 1 nitrogen and oxygen atoms in total. The quantitative estimate of drug-likeness (QED) is 0.220. The molecular weight excluding hydrogens is 374 g/mol. The van der Waals surface area contributed by atoms with Crippen molar-refractivity contribution < 1.29 is 0 Å². The third kappa shape index (κ3) is 3.99. The Balaban J connectivity index is 0.000000147. The van der Waals surface area contributed by atoms with E-state index in [2.05, 4.69) is 103 Å². The van der Waals surface area contributed by atoms with Crippen LogP contribution >= 0.6 is 0 Å². The van der Waals surface area contributed by atoms with Crippen LogP contribution in [-0.4, -0.2) is 0 Å². The predicted molar refractivity (Wildman–Crippen MR) is 135 cm³/mol. The lowest BCUT2D eigenvalue weighted by atomic mass is 9.99. The molecule has 6 rings (SSSR count). The van der Waals surface area contributed by atoms with E-state index in [0.29, 0.717) is 0 Å². The molecule has 0 spiro atoms. The first-order valence-electron chi connectivity index (χ1n) is 10.5. The number of hydrogen-bond acceptors (Lipinski definition) is 1. The summed E-state index contributed by atoms with van der Waals surface area (Å²) in [5.41, 5.74) is 9.45. The van der Waals surface area contributed by atoms with Gasteiger partial charge in [-0.15, -0.1) is 0 Å². The summed E-state index contributed by atoms with van der Waals surface area (Å²) >= 11 is 0. The number of nitrogens with two attached hydrogens (primary N) is 1. The van der Waals surface area contributed by atoms with Gasteiger partial charge >= 0.3 is 0 Å². The lowest BCUT2D eigenvalue weighted by Crippen LogP contribution is -1.86. The van der Waals surface area contributed by atoms with Crippen LogP contribution in [0, 0.1) is 0 Å². The van der Waals surface area contributed by atoms with E-state index in [-0.39, 0.29) is 0 Å². The Labute approximate surface area is 182 Å². The Hall–Kier alpha value is -4.10. The van der Waals surface area contributed by atoms with E-state index in [4.69, 9.17) is 5.73 Å². The van der Waals surface area contributed by atoms with Crippen molar-refractivity contribution in [1.29, 1.82) is 0 Å². The van der Waals surface area contributed by atoms with Gasteiger partial charge in [0.05, 0.1) is 0 Å². The molecule has 0 radical (unpaired) electrons. The smallest absolute Gasteiger partial charge is 0.0393 e. The zero-order valence-corrected chi connectivity index (χ0v) is 17.2. The Morgan fingerprint density at radius 2 is 0.806 bits per heavy atom. The number of anilines is 1. The molecule has 6 aromatic rings. The fraction of sp³-hybridized carbons (Fsp3) is 0. The van der Waals surface area contributed by atoms with Crippen molar-refractivity contribution in [2.45, 2.75) is 0 Å². The van der Waals surface area contributed by atoms with Crippen LogP contribution in [0.3, 0.4) is 0 Å². The Morgan fingerprint density at radius 1 is 0.355 bits per heavy atom. The first-order valence-corrected chi connectivity index (χ1v) is 10.5. The fourth-order valence-corrected chi connectivity index (χ4v) is 4.00. The Kier molecular flexibility index (Phi) is 5.08. The lowest BCUT2D eigenvalue weighted by Gasteiger charge is -2.06. The second-order valence-electron chi connectivity index (χ2n) is 7.70. The van der Waals surface area contributed by atoms with E-state index in [1.807, 2.05) is 24.3 Å². The summed E-state index contributed by atoms with van der Waals surface area (Å²) in [4.78, 5) is 0. The van der Waals surface area contributed by atoms with Crippen LogP contribution in [0.5, 0.6) is 0 Å². The summed E-state index contributed by atoms with van der Waals surface area (Å²) in [6.07, 6.45) is 0. The van der Waals surface area contributed by atoms with Gasteiger partial charge in [-0.3, -0.25) is 0 Å². The van der Waals surface area contributed by atoms with Crippen LogP contribution in [0.4, 0.5) is 5.69 Å². The van der Waals surface area contributed by atoms with Crippen LogP contribution in [-0.2, 0) is 0 Å². The molecule has 0 bridgehead atoms. The normalized spacial score (nSPS) is 10.7. The van der Waals surface area contributed by atoms with E-state index in [1.54, 1.807) is 0 Å². The summed E-state index contributed by atoms with van der Waals surface area (Å²) in [5, 5.41) is 7.37. The average molecular weight is 398 g/mol. The van der Waals surface area contributed by atoms with Gasteiger partial charge in [-0.1, -0.05) is 97.1 Å². The molecule has 0 saturated carbocycles. The van der Waals surface area contributed by atoms with Crippen molar-refractivity contribution in [3.63, 3.8) is 0 Å². The molecule has 0 heterocycles. The number of fused-ring (bicyclic) bond motifs is 3. The minimum absolute atomic E-state index is 0.840. The maximum Gasteiger partial charge on any atom is 0.0393 e. The van der Waals surface area contributed by atoms with Crippen molar-refractivity contribution in [3.8, 4) is 11.1 Å². The van der Waals surface area contributed by atoms with Crippen LogP contribution in [0.1, 0.15) is 0 Å². The molecule has 0 fully saturated rings. The summed E-state index contributed by atoms with van der Waals surface area (Å²) in [6, 6.07) is 44.2. The van der Waals surface area contributed by atoms with Gasteiger partial charge in [-0.05, 0) is 68.4 Å². The van der Waals surface area contributed by atoms with Crippen LogP contribution in [0.25, 0.3) is 43.4 Å². The third-order valence-corrected chi connectivity index (χ3v) is 5.62. The van der Waals surface area contributed by atoms with Crippen molar-refractivity contribution in [2.75, 3.05) is 5.73 Å². The highest BCUT2D eigenvalue weighted by Crippen LogP contribution is 2.29. The molecule has 0 aliphatic rings. The summed E-state index contributed by atoms with van der Waals surface area (Å²) < 4.78 is 0. The second-order valence-corrected chi connectivity index (χ2v) is 7.70. The Morgan fingerprint density at radius 3 is 1.39 bits per heavy atom. The summed E-state index contributed by atoms with van der Waals surface area (Å²) in [6.45, 7) is 0. The molecule has 0 unspecified atom stereocenters. The first kappa shape index (κ1) is 18.9. The van der Waals surface area contributed by atoms with Crippen molar-refractivity contribution >= 4 is 38.0 Å². The third-order valence-electron chi connectivity index (χ3n) is 5.62. The highest BCUT2D eigenvalue weighted by molar-refractivity contribution is 6.07. The molecule has 1 heteroatoms. The van der Waals surface area contributed by atoms with Crippen molar-refractivity contribution in [1.82, 2.24) is 0 Å².